The summed E-state index contributed by atoms with van der Waals surface area (Å²) in [6.07, 6.45) is 0.732. The summed E-state index contributed by atoms with van der Waals surface area (Å²) < 4.78 is 40.2. The van der Waals surface area contributed by atoms with Crippen LogP contribution < -0.4 is 5.73 Å². The summed E-state index contributed by atoms with van der Waals surface area (Å²) in [7, 11) is 0. The van der Waals surface area contributed by atoms with E-state index in [4.69, 9.17) is 5.73 Å². The molecule has 1 aliphatic heterocycles. The highest BCUT2D eigenvalue weighted by Crippen LogP contribution is 2.34. The molecule has 2 unspecified atom stereocenters. The maximum atomic E-state index is 13.9. The van der Waals surface area contributed by atoms with Crippen LogP contribution in [-0.2, 0) is 0 Å². The van der Waals surface area contributed by atoms with Crippen LogP contribution in [0, 0.1) is 23.4 Å². The Labute approximate surface area is 111 Å². The Kier molecular flexibility index (Phi) is 4.16. The summed E-state index contributed by atoms with van der Waals surface area (Å²) >= 11 is 0. The van der Waals surface area contributed by atoms with Gasteiger partial charge < -0.3 is 5.73 Å². The molecule has 1 aromatic carbocycles. The van der Waals surface area contributed by atoms with Crippen molar-refractivity contribution < 1.29 is 13.2 Å². The molecular weight excluding hydrogens is 253 g/mol. The monoisotopic (exact) mass is 272 g/mol. The lowest BCUT2D eigenvalue weighted by Gasteiger charge is -2.28. The van der Waals surface area contributed by atoms with Gasteiger partial charge in [-0.05, 0) is 18.4 Å². The van der Waals surface area contributed by atoms with Gasteiger partial charge in [-0.2, -0.15) is 0 Å². The third kappa shape index (κ3) is 2.92. The Hall–Kier alpha value is -1.07. The molecule has 2 atom stereocenters. The van der Waals surface area contributed by atoms with Crippen molar-refractivity contribution in [1.29, 1.82) is 0 Å². The molecule has 1 saturated heterocycles. The minimum absolute atomic E-state index is 0.157. The molecule has 0 saturated carbocycles. The summed E-state index contributed by atoms with van der Waals surface area (Å²) in [6.45, 7) is 5.63. The number of benzene rings is 1. The van der Waals surface area contributed by atoms with Gasteiger partial charge >= 0.3 is 0 Å². The summed E-state index contributed by atoms with van der Waals surface area (Å²) in [5.41, 5.74) is 6.17. The molecular formula is C14H19F3N2. The minimum Gasteiger partial charge on any atom is -0.326 e. The number of rotatable bonds is 3. The van der Waals surface area contributed by atoms with Gasteiger partial charge in [0.25, 0.3) is 0 Å². The number of halogens is 3. The summed E-state index contributed by atoms with van der Waals surface area (Å²) in [5, 5.41) is 0. The van der Waals surface area contributed by atoms with Crippen molar-refractivity contribution in [3.63, 3.8) is 0 Å². The fourth-order valence-corrected chi connectivity index (χ4v) is 2.75. The van der Waals surface area contributed by atoms with Crippen LogP contribution in [0.5, 0.6) is 0 Å². The van der Waals surface area contributed by atoms with Gasteiger partial charge in [0.05, 0.1) is 6.04 Å². The van der Waals surface area contributed by atoms with Gasteiger partial charge in [-0.15, -0.1) is 0 Å². The van der Waals surface area contributed by atoms with Gasteiger partial charge in [-0.25, -0.2) is 13.2 Å². The first-order valence-electron chi connectivity index (χ1n) is 6.54. The van der Waals surface area contributed by atoms with Crippen molar-refractivity contribution in [2.75, 3.05) is 13.1 Å². The van der Waals surface area contributed by atoms with Crippen molar-refractivity contribution in [2.45, 2.75) is 32.4 Å². The first-order chi connectivity index (χ1) is 8.90. The van der Waals surface area contributed by atoms with Crippen molar-refractivity contribution in [3.8, 4) is 0 Å². The van der Waals surface area contributed by atoms with Crippen LogP contribution in [0.2, 0.25) is 0 Å². The highest BCUT2D eigenvalue weighted by Gasteiger charge is 2.35. The zero-order valence-electron chi connectivity index (χ0n) is 11.2. The summed E-state index contributed by atoms with van der Waals surface area (Å²) in [5.74, 6) is -2.51. The smallest absolute Gasteiger partial charge is 0.161 e. The molecule has 1 heterocycles. The van der Waals surface area contributed by atoms with E-state index >= 15 is 0 Å². The van der Waals surface area contributed by atoms with Crippen LogP contribution in [0.1, 0.15) is 31.9 Å². The third-order valence-corrected chi connectivity index (χ3v) is 3.51. The summed E-state index contributed by atoms with van der Waals surface area (Å²) in [6, 6.07) is 0.910. The van der Waals surface area contributed by atoms with E-state index in [0.29, 0.717) is 12.0 Å². The molecule has 1 aromatic rings. The predicted molar refractivity (Wildman–Crippen MR) is 68.1 cm³/mol. The zero-order chi connectivity index (χ0) is 14.2. The van der Waals surface area contributed by atoms with E-state index in [1.807, 2.05) is 4.90 Å². The second-order valence-electron chi connectivity index (χ2n) is 5.57. The number of nitrogens with two attached hydrogens (primary N) is 1. The first-order valence-corrected chi connectivity index (χ1v) is 6.54. The Morgan fingerprint density at radius 1 is 1.21 bits per heavy atom. The molecule has 0 aliphatic carbocycles. The molecule has 106 valence electrons. The first kappa shape index (κ1) is 14.3. The van der Waals surface area contributed by atoms with Crippen LogP contribution in [0.15, 0.2) is 12.1 Å². The van der Waals surface area contributed by atoms with Crippen LogP contribution in [0.4, 0.5) is 13.2 Å². The fourth-order valence-electron chi connectivity index (χ4n) is 2.75. The molecule has 0 amide bonds. The van der Waals surface area contributed by atoms with E-state index in [0.717, 1.165) is 25.6 Å². The van der Waals surface area contributed by atoms with E-state index in [2.05, 4.69) is 13.8 Å². The number of hydrogen-bond acceptors (Lipinski definition) is 2. The lowest BCUT2D eigenvalue weighted by molar-refractivity contribution is 0.216. The molecule has 1 aliphatic rings. The van der Waals surface area contributed by atoms with Gasteiger partial charge in [0.1, 0.15) is 5.82 Å². The molecule has 0 radical (unpaired) electrons. The summed E-state index contributed by atoms with van der Waals surface area (Å²) in [4.78, 5) is 2.05. The number of likely N-dealkylation sites (tertiary alicyclic amines) is 1. The Morgan fingerprint density at radius 2 is 1.84 bits per heavy atom. The van der Waals surface area contributed by atoms with Crippen molar-refractivity contribution in [1.82, 2.24) is 4.90 Å². The predicted octanol–water partition coefficient (Wildman–Crippen LogP) is 2.83. The lowest BCUT2D eigenvalue weighted by atomic mass is 9.99. The van der Waals surface area contributed by atoms with Crippen LogP contribution >= 0.6 is 0 Å². The highest BCUT2D eigenvalue weighted by atomic mass is 19.2. The molecule has 2 N–H and O–H groups in total. The average Bonchev–Trinajstić information content (AvgIpc) is 2.65. The minimum atomic E-state index is -1.16. The van der Waals surface area contributed by atoms with E-state index in [1.165, 1.54) is 0 Å². The molecule has 0 bridgehead atoms. The van der Waals surface area contributed by atoms with E-state index in [1.54, 1.807) is 0 Å². The number of nitrogens with zero attached hydrogens (tertiary/aromatic N) is 1. The Morgan fingerprint density at radius 3 is 2.47 bits per heavy atom. The Bertz CT molecular complexity index is 462. The Balaban J connectivity index is 2.34. The largest absolute Gasteiger partial charge is 0.326 e. The van der Waals surface area contributed by atoms with E-state index in [-0.39, 0.29) is 17.6 Å². The molecule has 0 spiro atoms. The average molecular weight is 272 g/mol. The number of hydrogen-bond donors (Lipinski definition) is 1. The topological polar surface area (TPSA) is 29.3 Å². The fraction of sp³-hybridized carbons (Fsp3) is 0.571. The second kappa shape index (κ2) is 5.51. The van der Waals surface area contributed by atoms with E-state index in [9.17, 15) is 13.2 Å². The SMILES string of the molecule is CC(C)CN1CCC(N)C1c1cc(F)c(F)cc1F. The maximum absolute atomic E-state index is 13.9. The van der Waals surface area contributed by atoms with Gasteiger partial charge in [0.2, 0.25) is 0 Å². The van der Waals surface area contributed by atoms with Crippen molar-refractivity contribution >= 4 is 0 Å². The molecule has 0 aromatic heterocycles. The van der Waals surface area contributed by atoms with Gasteiger partial charge in [-0.3, -0.25) is 4.90 Å². The zero-order valence-corrected chi connectivity index (χ0v) is 11.2. The third-order valence-electron chi connectivity index (χ3n) is 3.51. The van der Waals surface area contributed by atoms with Crippen LogP contribution in [0.25, 0.3) is 0 Å². The normalized spacial score (nSPS) is 24.4. The van der Waals surface area contributed by atoms with Gasteiger partial charge in [0, 0.05) is 30.8 Å². The molecule has 2 rings (SSSR count). The second-order valence-corrected chi connectivity index (χ2v) is 5.57. The van der Waals surface area contributed by atoms with Gasteiger partial charge in [0.15, 0.2) is 11.6 Å². The van der Waals surface area contributed by atoms with Crippen LogP contribution in [-0.4, -0.2) is 24.0 Å². The van der Waals surface area contributed by atoms with Gasteiger partial charge in [-0.1, -0.05) is 13.8 Å². The van der Waals surface area contributed by atoms with Crippen molar-refractivity contribution in [3.05, 3.63) is 35.1 Å². The van der Waals surface area contributed by atoms with Crippen molar-refractivity contribution in [2.24, 2.45) is 11.7 Å². The highest BCUT2D eigenvalue weighted by molar-refractivity contribution is 5.26. The van der Waals surface area contributed by atoms with E-state index < -0.39 is 17.5 Å². The quantitative estimate of drug-likeness (QED) is 0.857. The lowest BCUT2D eigenvalue weighted by Crippen LogP contribution is -2.34. The standard InChI is InChI=1S/C14H19F3N2/c1-8(2)7-19-4-3-13(18)14(19)9-5-11(16)12(17)6-10(9)15/h5-6,8,13-14H,3-4,7,18H2,1-2H3. The van der Waals surface area contributed by atoms with Crippen LogP contribution in [0.3, 0.4) is 0 Å². The molecule has 19 heavy (non-hydrogen) atoms. The molecule has 2 nitrogen and oxygen atoms in total. The molecule has 5 heteroatoms. The molecule has 1 fully saturated rings. The maximum Gasteiger partial charge on any atom is 0.161 e.